The molecular formula is C23H38Na2O9S2. The van der Waals surface area contributed by atoms with E-state index in [9.17, 15) is 31.0 Å². The zero-order valence-electron chi connectivity index (χ0n) is 22.2. The fraction of sp³-hybridized carbons (Fsp3) is 1.00. The molecule has 0 amide bonds. The first-order chi connectivity index (χ1) is 15.6. The Balaban J connectivity index is 0.00000228. The summed E-state index contributed by atoms with van der Waals surface area (Å²) in [6.07, 6.45) is 5.89. The average Bonchev–Trinajstić information content (AvgIpc) is 3.04. The van der Waals surface area contributed by atoms with Crippen molar-refractivity contribution in [3.8, 4) is 0 Å². The van der Waals surface area contributed by atoms with E-state index in [-0.39, 0.29) is 94.3 Å². The Morgan fingerprint density at radius 2 is 1.53 bits per heavy atom. The van der Waals surface area contributed by atoms with Gasteiger partial charge in [-0.2, -0.15) is 0 Å². The predicted octanol–water partition coefficient (Wildman–Crippen LogP) is -3.03. The second-order valence-electron chi connectivity index (χ2n) is 11.9. The summed E-state index contributed by atoms with van der Waals surface area (Å²) in [5, 5.41) is 11.4. The van der Waals surface area contributed by atoms with E-state index in [2.05, 4.69) is 25.0 Å². The van der Waals surface area contributed by atoms with E-state index >= 15 is 0 Å². The molecule has 9 nitrogen and oxygen atoms in total. The van der Waals surface area contributed by atoms with Crippen LogP contribution in [0, 0.1) is 46.3 Å². The third kappa shape index (κ3) is 6.94. The van der Waals surface area contributed by atoms with Gasteiger partial charge in [0.2, 0.25) is 20.8 Å². The van der Waals surface area contributed by atoms with Gasteiger partial charge in [0.25, 0.3) is 0 Å². The van der Waals surface area contributed by atoms with E-state index in [0.29, 0.717) is 43.4 Å². The topological polar surface area (TPSA) is 153 Å². The Kier molecular flexibility index (Phi) is 11.6. The number of aliphatic hydroxyl groups is 1. The Labute approximate surface area is 260 Å². The first-order valence-electron chi connectivity index (χ1n) is 12.6. The van der Waals surface area contributed by atoms with E-state index in [1.54, 1.807) is 0 Å². The van der Waals surface area contributed by atoms with Crippen molar-refractivity contribution in [3.05, 3.63) is 0 Å². The van der Waals surface area contributed by atoms with Crippen LogP contribution in [0.25, 0.3) is 0 Å². The van der Waals surface area contributed by atoms with E-state index < -0.39 is 33.0 Å². The van der Waals surface area contributed by atoms with Crippen LogP contribution < -0.4 is 59.1 Å². The maximum atomic E-state index is 11.4. The second kappa shape index (κ2) is 12.3. The molecule has 0 saturated heterocycles. The molecule has 4 aliphatic rings. The van der Waals surface area contributed by atoms with E-state index in [0.717, 1.165) is 32.1 Å². The van der Waals surface area contributed by atoms with Crippen LogP contribution in [-0.2, 0) is 29.2 Å². The molecule has 10 atom stereocenters. The van der Waals surface area contributed by atoms with E-state index in [4.69, 9.17) is 4.18 Å². The molecule has 4 fully saturated rings. The summed E-state index contributed by atoms with van der Waals surface area (Å²) in [6, 6.07) is 0. The van der Waals surface area contributed by atoms with Gasteiger partial charge < -0.3 is 14.2 Å². The van der Waals surface area contributed by atoms with Gasteiger partial charge in [0.15, 0.2) is 0 Å². The molecule has 198 valence electrons. The van der Waals surface area contributed by atoms with Gasteiger partial charge in [0.05, 0.1) is 18.8 Å². The first kappa shape index (κ1) is 33.9. The van der Waals surface area contributed by atoms with Gasteiger partial charge in [-0.25, -0.2) is 16.8 Å². The number of hydrogen-bond acceptors (Lipinski definition) is 9. The Bertz CT molecular complexity index is 978. The third-order valence-electron chi connectivity index (χ3n) is 10.5. The maximum Gasteiger partial charge on any atom is 1.00 e. The predicted molar refractivity (Wildman–Crippen MR) is 121 cm³/mol. The molecule has 1 N–H and O–H groups in total. The van der Waals surface area contributed by atoms with Gasteiger partial charge in [0.1, 0.15) is 0 Å². The third-order valence-corrected chi connectivity index (χ3v) is 11.4. The summed E-state index contributed by atoms with van der Waals surface area (Å²) in [7, 11) is -9.42. The quantitative estimate of drug-likeness (QED) is 0.192. The monoisotopic (exact) mass is 568 g/mol. The van der Waals surface area contributed by atoms with Crippen LogP contribution in [0.3, 0.4) is 0 Å². The summed E-state index contributed by atoms with van der Waals surface area (Å²) >= 11 is 0. The molecule has 0 aliphatic heterocycles. The van der Waals surface area contributed by atoms with E-state index in [1.807, 2.05) is 0 Å². The molecule has 36 heavy (non-hydrogen) atoms. The minimum Gasteiger partial charge on any atom is -0.726 e. The SMILES string of the molecule is C[C@H](CCOS(=O)(=O)[O-])[C@H]1CC[C@H]2[C@@H]3[C@@H](O)C[C@@H]4C[C@H](OS(=O)(=O)[O-])CC[C@]4(C)[C@H]3CC[C@]12C.[Na+].[Na+]. The van der Waals surface area contributed by atoms with Crippen molar-refractivity contribution in [2.45, 2.75) is 90.8 Å². The number of aliphatic hydroxyl groups excluding tert-OH is 1. The van der Waals surface area contributed by atoms with Crippen molar-refractivity contribution in [1.29, 1.82) is 0 Å². The van der Waals surface area contributed by atoms with Crippen LogP contribution >= 0.6 is 0 Å². The fourth-order valence-electron chi connectivity index (χ4n) is 8.95. The van der Waals surface area contributed by atoms with Crippen LogP contribution in [0.2, 0.25) is 0 Å². The second-order valence-corrected chi connectivity index (χ2v) is 14.0. The van der Waals surface area contributed by atoms with Gasteiger partial charge in [-0.15, -0.1) is 0 Å². The minimum absolute atomic E-state index is 0. The molecule has 13 heteroatoms. The summed E-state index contributed by atoms with van der Waals surface area (Å²) in [6.45, 7) is 6.60. The minimum atomic E-state index is -4.74. The van der Waals surface area contributed by atoms with Gasteiger partial charge in [-0.05, 0) is 104 Å². The van der Waals surface area contributed by atoms with Crippen molar-refractivity contribution >= 4 is 20.8 Å². The van der Waals surface area contributed by atoms with Gasteiger partial charge in [-0.3, -0.25) is 8.37 Å². The Hall–Kier alpha value is 1.70. The smallest absolute Gasteiger partial charge is 0.726 e. The van der Waals surface area contributed by atoms with Crippen molar-refractivity contribution < 1.29 is 98.5 Å². The maximum absolute atomic E-state index is 11.4. The standard InChI is InChI=1S/C23H40O9S2.2Na/c1-14(8-11-31-33(25,26)27)17-4-5-18-21-19(7-10-23(17,18)3)22(2)9-6-16(32-34(28,29)30)12-15(22)13-20(21)24;;/h14-21,24H,4-13H2,1-3H3,(H,25,26,27)(H,28,29,30);;/q;2*+1/p-2/t14-,15+,16-,17-,18+,19+,20+,21+,22+,23-;;/m1../s1. The molecule has 4 rings (SSSR count). The van der Waals surface area contributed by atoms with Crippen LogP contribution in [-0.4, -0.2) is 49.9 Å². The normalized spacial score (nSPS) is 43.2. The van der Waals surface area contributed by atoms with Crippen LogP contribution in [0.15, 0.2) is 0 Å². The Morgan fingerprint density at radius 1 is 0.917 bits per heavy atom. The largest absolute Gasteiger partial charge is 1.00 e. The summed E-state index contributed by atoms with van der Waals surface area (Å²) in [4.78, 5) is 0. The number of fused-ring (bicyclic) bond motifs is 5. The zero-order valence-corrected chi connectivity index (χ0v) is 27.9. The van der Waals surface area contributed by atoms with Gasteiger partial charge in [-0.1, -0.05) is 20.8 Å². The molecule has 0 heterocycles. The van der Waals surface area contributed by atoms with Crippen molar-refractivity contribution in [3.63, 3.8) is 0 Å². The molecular weight excluding hydrogens is 530 g/mol. The van der Waals surface area contributed by atoms with E-state index in [1.165, 1.54) is 0 Å². The molecule has 0 aromatic carbocycles. The molecule has 0 spiro atoms. The summed E-state index contributed by atoms with van der Waals surface area (Å²) in [5.41, 5.74) is 0.0236. The molecule has 4 aliphatic carbocycles. The van der Waals surface area contributed by atoms with Crippen molar-refractivity contribution in [2.24, 2.45) is 46.3 Å². The molecule has 0 radical (unpaired) electrons. The molecule has 0 unspecified atom stereocenters. The van der Waals surface area contributed by atoms with Crippen molar-refractivity contribution in [2.75, 3.05) is 6.61 Å². The average molecular weight is 569 g/mol. The molecule has 0 aromatic heterocycles. The number of rotatable bonds is 7. The first-order valence-corrected chi connectivity index (χ1v) is 15.2. The Morgan fingerprint density at radius 3 is 2.14 bits per heavy atom. The van der Waals surface area contributed by atoms with Gasteiger partial charge in [0, 0.05) is 0 Å². The summed E-state index contributed by atoms with van der Waals surface area (Å²) < 4.78 is 75.0. The molecule has 0 bridgehead atoms. The fourth-order valence-corrected chi connectivity index (χ4v) is 9.76. The van der Waals surface area contributed by atoms with Gasteiger partial charge >= 0.3 is 59.1 Å². The molecule has 0 aromatic rings. The number of hydrogen-bond donors (Lipinski definition) is 1. The summed E-state index contributed by atoms with van der Waals surface area (Å²) in [5.74, 6) is 1.59. The van der Waals surface area contributed by atoms with Crippen molar-refractivity contribution in [1.82, 2.24) is 0 Å². The zero-order chi connectivity index (χ0) is 25.1. The van der Waals surface area contributed by atoms with Crippen LogP contribution in [0.5, 0.6) is 0 Å². The van der Waals surface area contributed by atoms with Crippen LogP contribution in [0.1, 0.15) is 78.6 Å². The molecule has 4 saturated carbocycles. The van der Waals surface area contributed by atoms with Crippen LogP contribution in [0.4, 0.5) is 0 Å².